The monoisotopic (exact) mass is 562 g/mol. The van der Waals surface area contributed by atoms with Gasteiger partial charge in [0.1, 0.15) is 34.7 Å². The molecule has 0 aliphatic heterocycles. The molecule has 0 radical (unpaired) electrons. The van der Waals surface area contributed by atoms with Crippen LogP contribution >= 0.6 is 27.5 Å². The van der Waals surface area contributed by atoms with Gasteiger partial charge in [0, 0.05) is 5.56 Å². The number of aromatic nitrogens is 1. The van der Waals surface area contributed by atoms with E-state index >= 15 is 0 Å². The Morgan fingerprint density at radius 1 is 1.03 bits per heavy atom. The number of rotatable bonds is 4. The first kappa shape index (κ1) is 27.8. The Balaban J connectivity index is 2.39. The van der Waals surface area contributed by atoms with E-state index in [1.165, 1.54) is 19.2 Å². The summed E-state index contributed by atoms with van der Waals surface area (Å²) in [7, 11) is 0. The molecule has 0 spiro atoms. The summed E-state index contributed by atoms with van der Waals surface area (Å²) >= 11 is 9.17. The smallest absolute Gasteiger partial charge is 0.425 e. The molecule has 0 fully saturated rings. The van der Waals surface area contributed by atoms with E-state index in [2.05, 4.69) is 20.9 Å². The molecular formula is C23H26BrClF2N2O5. The Morgan fingerprint density at radius 3 is 2.00 bits per heavy atom. The van der Waals surface area contributed by atoms with E-state index in [-0.39, 0.29) is 21.6 Å². The molecule has 0 N–H and O–H groups in total. The maximum absolute atomic E-state index is 14.2. The minimum absolute atomic E-state index is 0.113. The van der Waals surface area contributed by atoms with Crippen molar-refractivity contribution in [3.63, 3.8) is 0 Å². The van der Waals surface area contributed by atoms with Crippen LogP contribution in [0.2, 0.25) is 5.02 Å². The highest BCUT2D eigenvalue weighted by molar-refractivity contribution is 9.10. The van der Waals surface area contributed by atoms with Crippen molar-refractivity contribution in [3.8, 4) is 5.75 Å². The Bertz CT molecular complexity index is 1060. The number of ether oxygens (including phenoxy) is 3. The van der Waals surface area contributed by atoms with Crippen LogP contribution in [0, 0.1) is 11.6 Å². The van der Waals surface area contributed by atoms with E-state index in [1.54, 1.807) is 41.5 Å². The highest BCUT2D eigenvalue weighted by Crippen LogP contribution is 2.34. The Labute approximate surface area is 210 Å². The van der Waals surface area contributed by atoms with E-state index in [4.69, 9.17) is 25.8 Å². The fourth-order valence-corrected chi connectivity index (χ4v) is 3.50. The molecule has 0 aliphatic carbocycles. The number of imide groups is 1. The van der Waals surface area contributed by atoms with E-state index in [9.17, 15) is 18.4 Å². The quantitative estimate of drug-likeness (QED) is 0.357. The lowest BCUT2D eigenvalue weighted by atomic mass is 10.1. The van der Waals surface area contributed by atoms with Gasteiger partial charge in [-0.1, -0.05) is 11.6 Å². The van der Waals surface area contributed by atoms with Gasteiger partial charge in [0.2, 0.25) is 0 Å². The number of benzene rings is 1. The van der Waals surface area contributed by atoms with Crippen molar-refractivity contribution in [3.05, 3.63) is 51.1 Å². The molecule has 1 heterocycles. The molecule has 1 aromatic heterocycles. The maximum Gasteiger partial charge on any atom is 0.425 e. The molecule has 11 heteroatoms. The molecule has 0 saturated carbocycles. The van der Waals surface area contributed by atoms with E-state index in [1.807, 2.05) is 0 Å². The van der Waals surface area contributed by atoms with Crippen LogP contribution in [0.4, 0.5) is 24.2 Å². The van der Waals surface area contributed by atoms with Gasteiger partial charge in [-0.05, 0) is 82.6 Å². The van der Waals surface area contributed by atoms with Gasteiger partial charge in [-0.15, -0.1) is 0 Å². The first-order chi connectivity index (χ1) is 15.5. The molecule has 2 aromatic rings. The van der Waals surface area contributed by atoms with Gasteiger partial charge in [-0.2, -0.15) is 4.90 Å². The van der Waals surface area contributed by atoms with Crippen LogP contribution in [-0.4, -0.2) is 28.4 Å². The van der Waals surface area contributed by atoms with E-state index in [0.717, 1.165) is 12.1 Å². The van der Waals surface area contributed by atoms with Crippen LogP contribution < -0.4 is 9.64 Å². The number of hydrogen-bond donors (Lipinski definition) is 0. The lowest BCUT2D eigenvalue weighted by Gasteiger charge is -2.28. The van der Waals surface area contributed by atoms with Crippen molar-refractivity contribution >= 4 is 45.5 Å². The van der Waals surface area contributed by atoms with Crippen LogP contribution in [0.5, 0.6) is 5.75 Å². The van der Waals surface area contributed by atoms with Gasteiger partial charge in [0.25, 0.3) is 0 Å². The third kappa shape index (κ3) is 7.27. The first-order valence-electron chi connectivity index (χ1n) is 10.2. The lowest BCUT2D eigenvalue weighted by molar-refractivity contribution is 0.0428. The van der Waals surface area contributed by atoms with Gasteiger partial charge in [0.15, 0.2) is 5.82 Å². The normalized spacial score (nSPS) is 12.7. The average molecular weight is 564 g/mol. The molecule has 34 heavy (non-hydrogen) atoms. The van der Waals surface area contributed by atoms with Crippen molar-refractivity contribution in [2.45, 2.75) is 65.8 Å². The number of amides is 2. The van der Waals surface area contributed by atoms with Crippen molar-refractivity contribution in [1.29, 1.82) is 0 Å². The summed E-state index contributed by atoms with van der Waals surface area (Å²) in [5, 5.41) is -0.392. The largest absolute Gasteiger partial charge is 0.484 e. The van der Waals surface area contributed by atoms with E-state index in [0.29, 0.717) is 4.90 Å². The van der Waals surface area contributed by atoms with Gasteiger partial charge in [-0.25, -0.2) is 23.4 Å². The Kier molecular flexibility index (Phi) is 8.53. The van der Waals surface area contributed by atoms with Crippen LogP contribution in [0.25, 0.3) is 0 Å². The van der Waals surface area contributed by atoms with Gasteiger partial charge in [0.05, 0.1) is 15.7 Å². The summed E-state index contributed by atoms with van der Waals surface area (Å²) in [6.07, 6.45) is -1.75. The molecule has 1 aromatic carbocycles. The van der Waals surface area contributed by atoms with Crippen LogP contribution in [0.3, 0.4) is 0 Å². The maximum atomic E-state index is 14.2. The molecule has 1 unspecified atom stereocenters. The van der Waals surface area contributed by atoms with Crippen molar-refractivity contribution < 1.29 is 32.6 Å². The first-order valence-corrected chi connectivity index (χ1v) is 11.4. The summed E-state index contributed by atoms with van der Waals surface area (Å²) < 4.78 is 44.5. The predicted molar refractivity (Wildman–Crippen MR) is 127 cm³/mol. The molecule has 0 aliphatic rings. The third-order valence-electron chi connectivity index (χ3n) is 3.96. The minimum atomic E-state index is -0.995. The zero-order valence-electron chi connectivity index (χ0n) is 19.8. The molecule has 0 bridgehead atoms. The molecule has 0 saturated heterocycles. The highest BCUT2D eigenvalue weighted by atomic mass is 79.9. The zero-order valence-corrected chi connectivity index (χ0v) is 22.2. The molecular weight excluding hydrogens is 538 g/mol. The number of nitrogens with zero attached hydrogens (tertiary/aromatic N) is 2. The fourth-order valence-electron chi connectivity index (χ4n) is 2.68. The Hall–Kier alpha value is -2.46. The molecule has 2 amide bonds. The van der Waals surface area contributed by atoms with Crippen LogP contribution in [0.15, 0.2) is 28.9 Å². The number of hydrogen-bond acceptors (Lipinski definition) is 6. The number of anilines is 1. The Morgan fingerprint density at radius 2 is 1.53 bits per heavy atom. The second kappa shape index (κ2) is 10.4. The highest BCUT2D eigenvalue weighted by Gasteiger charge is 2.35. The van der Waals surface area contributed by atoms with Gasteiger partial charge in [-0.3, -0.25) is 0 Å². The second-order valence-electron chi connectivity index (χ2n) is 9.29. The molecule has 2 rings (SSSR count). The molecule has 186 valence electrons. The van der Waals surface area contributed by atoms with Crippen molar-refractivity contribution in [2.75, 3.05) is 4.90 Å². The van der Waals surface area contributed by atoms with Crippen molar-refractivity contribution in [2.24, 2.45) is 0 Å². The fraction of sp³-hybridized carbons (Fsp3) is 0.435. The summed E-state index contributed by atoms with van der Waals surface area (Å²) in [5.41, 5.74) is -1.95. The molecule has 7 nitrogen and oxygen atoms in total. The average Bonchev–Trinajstić information content (AvgIpc) is 2.64. The summed E-state index contributed by atoms with van der Waals surface area (Å²) in [6.45, 7) is 11.4. The van der Waals surface area contributed by atoms with Gasteiger partial charge < -0.3 is 14.2 Å². The standard InChI is InChI=1S/C23H26BrClF2N2O5/c1-12(17-15(26)8-9-16(27)18(17)25)32-13-10-14(24)19(28-11-13)29(20(30)33-22(2,3)4)21(31)34-23(5,6)7/h8-12H,1-7H3. The van der Waals surface area contributed by atoms with Crippen molar-refractivity contribution in [1.82, 2.24) is 4.98 Å². The van der Waals surface area contributed by atoms with Crippen LogP contribution in [0.1, 0.15) is 60.1 Å². The number of halogens is 4. The topological polar surface area (TPSA) is 78.0 Å². The SMILES string of the molecule is CC(Oc1cnc(N(C(=O)OC(C)(C)C)C(=O)OC(C)(C)C)c(Br)c1)c1c(F)ccc(F)c1Cl. The summed E-state index contributed by atoms with van der Waals surface area (Å²) in [6, 6.07) is 3.28. The second-order valence-corrected chi connectivity index (χ2v) is 10.5. The number of carbonyl (C=O) groups excluding carboxylic acids is 2. The number of carbonyl (C=O) groups is 2. The van der Waals surface area contributed by atoms with E-state index < -0.39 is 46.1 Å². The number of pyridine rings is 1. The summed E-state index contributed by atoms with van der Waals surface area (Å²) in [5.74, 6) is -1.49. The van der Waals surface area contributed by atoms with Crippen LogP contribution in [-0.2, 0) is 9.47 Å². The minimum Gasteiger partial charge on any atom is -0.484 e. The van der Waals surface area contributed by atoms with Gasteiger partial charge >= 0.3 is 12.2 Å². The summed E-state index contributed by atoms with van der Waals surface area (Å²) in [4.78, 5) is 30.4. The molecule has 1 atom stereocenters. The lowest BCUT2D eigenvalue weighted by Crippen LogP contribution is -2.44. The predicted octanol–water partition coefficient (Wildman–Crippen LogP) is 7.59. The third-order valence-corrected chi connectivity index (χ3v) is 4.93. The zero-order chi connectivity index (χ0) is 26.0.